The summed E-state index contributed by atoms with van der Waals surface area (Å²) in [5.41, 5.74) is 5.74. The van der Waals surface area contributed by atoms with Gasteiger partial charge in [0.05, 0.1) is 19.0 Å². The van der Waals surface area contributed by atoms with Crippen molar-refractivity contribution in [3.63, 3.8) is 0 Å². The lowest BCUT2D eigenvalue weighted by Gasteiger charge is -2.23. The van der Waals surface area contributed by atoms with Crippen LogP contribution in [0.25, 0.3) is 22.0 Å². The molecule has 0 spiro atoms. The van der Waals surface area contributed by atoms with Gasteiger partial charge in [-0.05, 0) is 60.5 Å². The molecule has 140 valence electrons. The first-order chi connectivity index (χ1) is 12.7. The molecule has 1 aliphatic carbocycles. The van der Waals surface area contributed by atoms with Crippen molar-refractivity contribution in [3.05, 3.63) is 59.0 Å². The minimum Gasteiger partial charge on any atom is -0.206 e. The summed E-state index contributed by atoms with van der Waals surface area (Å²) in [7, 11) is 0.717. The Morgan fingerprint density at radius 3 is 2.37 bits per heavy atom. The van der Waals surface area contributed by atoms with Crippen LogP contribution in [0.1, 0.15) is 29.5 Å². The smallest absolute Gasteiger partial charge is 0.206 e. The average Bonchev–Trinajstić information content (AvgIpc) is 3.49. The first-order valence-electron chi connectivity index (χ1n) is 9.91. The number of benzene rings is 2. The number of fused-ring (bicyclic) bond motifs is 1. The van der Waals surface area contributed by atoms with Gasteiger partial charge in [0, 0.05) is 6.07 Å². The molecule has 1 nitrogen and oxygen atoms in total. The molecular weight excluding hydrogens is 349 g/mol. The Hall–Kier alpha value is -2.00. The second-order valence-electron chi connectivity index (χ2n) is 8.88. The van der Waals surface area contributed by atoms with Crippen molar-refractivity contribution < 1.29 is 8.96 Å². The molecule has 4 rings (SSSR count). The Morgan fingerprint density at radius 1 is 1.00 bits per heavy atom. The van der Waals surface area contributed by atoms with Gasteiger partial charge in [0.1, 0.15) is 12.9 Å². The second kappa shape index (κ2) is 6.27. The molecule has 1 heterocycles. The summed E-state index contributed by atoms with van der Waals surface area (Å²) in [4.78, 5) is 0. The summed E-state index contributed by atoms with van der Waals surface area (Å²) >= 11 is 0. The topological polar surface area (TPSA) is 3.88 Å². The minimum absolute atomic E-state index is 0.0846. The molecule has 2 aromatic carbocycles. The molecule has 27 heavy (non-hydrogen) atoms. The van der Waals surface area contributed by atoms with Gasteiger partial charge in [0.2, 0.25) is 5.69 Å². The molecule has 3 aromatic rings. The molecule has 0 bridgehead atoms. The maximum atomic E-state index is 14.4. The highest BCUT2D eigenvalue weighted by Gasteiger charge is 2.40. The zero-order valence-electron chi connectivity index (χ0n) is 17.3. The van der Waals surface area contributed by atoms with E-state index < -0.39 is 8.07 Å². The van der Waals surface area contributed by atoms with Gasteiger partial charge >= 0.3 is 0 Å². The largest absolute Gasteiger partial charge is 0.220 e. The molecule has 0 unspecified atom stereocenters. The van der Waals surface area contributed by atoms with Gasteiger partial charge in [-0.25, -0.2) is 8.96 Å². The lowest BCUT2D eigenvalue weighted by atomic mass is 9.94. The fourth-order valence-electron chi connectivity index (χ4n) is 4.45. The van der Waals surface area contributed by atoms with Crippen molar-refractivity contribution in [1.29, 1.82) is 0 Å². The Labute approximate surface area is 162 Å². The van der Waals surface area contributed by atoms with Crippen LogP contribution in [0.3, 0.4) is 0 Å². The van der Waals surface area contributed by atoms with E-state index in [1.807, 2.05) is 26.8 Å². The maximum Gasteiger partial charge on any atom is 0.220 e. The fourth-order valence-corrected chi connectivity index (χ4v) is 7.57. The van der Waals surface area contributed by atoms with Crippen molar-refractivity contribution in [2.24, 2.45) is 7.05 Å². The van der Waals surface area contributed by atoms with E-state index in [2.05, 4.69) is 55.2 Å². The molecule has 1 saturated carbocycles. The van der Waals surface area contributed by atoms with E-state index in [0.29, 0.717) is 5.56 Å². The summed E-state index contributed by atoms with van der Waals surface area (Å²) in [6.07, 6.45) is 4.94. The summed E-state index contributed by atoms with van der Waals surface area (Å²) in [6.45, 7) is 10.8. The van der Waals surface area contributed by atoms with Crippen molar-refractivity contribution in [2.75, 3.05) is 0 Å². The first kappa shape index (κ1) is 18.4. The summed E-state index contributed by atoms with van der Waals surface area (Å²) in [6, 6.07) is 11.3. The number of aromatic nitrogens is 1. The molecule has 3 heteroatoms. The van der Waals surface area contributed by atoms with Gasteiger partial charge in [-0.1, -0.05) is 43.3 Å². The second-order valence-corrected chi connectivity index (χ2v) is 13.7. The van der Waals surface area contributed by atoms with Crippen LogP contribution in [0.4, 0.5) is 4.39 Å². The molecule has 0 N–H and O–H groups in total. The Kier molecular flexibility index (Phi) is 4.26. The van der Waals surface area contributed by atoms with Gasteiger partial charge in [-0.3, -0.25) is 0 Å². The highest BCUT2D eigenvalue weighted by Crippen LogP contribution is 2.45. The van der Waals surface area contributed by atoms with E-state index in [-0.39, 0.29) is 5.82 Å². The van der Waals surface area contributed by atoms with E-state index in [0.717, 1.165) is 22.2 Å². The molecule has 0 radical (unpaired) electrons. The van der Waals surface area contributed by atoms with Crippen molar-refractivity contribution >= 4 is 24.0 Å². The Morgan fingerprint density at radius 2 is 1.70 bits per heavy atom. The van der Waals surface area contributed by atoms with Crippen molar-refractivity contribution in [3.8, 4) is 11.3 Å². The highest BCUT2D eigenvalue weighted by atomic mass is 28.3. The molecule has 1 aromatic heterocycles. The van der Waals surface area contributed by atoms with Crippen LogP contribution in [0, 0.1) is 26.6 Å². The number of nitrogens with zero attached hydrogens (tertiary/aromatic N) is 1. The van der Waals surface area contributed by atoms with E-state index in [1.54, 1.807) is 5.19 Å². The predicted octanol–water partition coefficient (Wildman–Crippen LogP) is 5.48. The molecule has 1 fully saturated rings. The molecule has 0 aliphatic heterocycles. The lowest BCUT2D eigenvalue weighted by molar-refractivity contribution is -0.659. The normalized spacial score (nSPS) is 14.8. The summed E-state index contributed by atoms with van der Waals surface area (Å²) in [5, 5.41) is 4.10. The summed E-state index contributed by atoms with van der Waals surface area (Å²) < 4.78 is 16.5. The van der Waals surface area contributed by atoms with Crippen LogP contribution < -0.4 is 9.75 Å². The average molecular weight is 379 g/mol. The van der Waals surface area contributed by atoms with Crippen LogP contribution in [-0.2, 0) is 7.05 Å². The SMILES string of the molecule is Cc1cc(-c2c3ccc([Si](C)(C)C4CC4)cc3cc[n+]2C)c(C)c(C)c1F. The zero-order valence-corrected chi connectivity index (χ0v) is 18.3. The van der Waals surface area contributed by atoms with Crippen LogP contribution in [0.15, 0.2) is 36.5 Å². The van der Waals surface area contributed by atoms with E-state index >= 15 is 0 Å². The van der Waals surface area contributed by atoms with Crippen molar-refractivity contribution in [1.82, 2.24) is 0 Å². The maximum absolute atomic E-state index is 14.4. The fraction of sp³-hybridized carbons (Fsp3) is 0.375. The molecule has 0 saturated heterocycles. The molecule has 1 aliphatic rings. The lowest BCUT2D eigenvalue weighted by Crippen LogP contribution is -2.41. The quantitative estimate of drug-likeness (QED) is 0.420. The Bertz CT molecular complexity index is 1060. The Balaban J connectivity index is 1.95. The standard InChI is InChI=1S/C24H29FNSi/c1-15-13-22(16(2)17(3)23(15)25)24-21-10-9-20(27(5,6)19-7-8-19)14-18(21)11-12-26(24)4/h9-14,19H,7-8H2,1-6H3/q+1. The molecule has 0 amide bonds. The van der Waals surface area contributed by atoms with Gasteiger partial charge in [0.25, 0.3) is 0 Å². The van der Waals surface area contributed by atoms with Crippen LogP contribution >= 0.6 is 0 Å². The predicted molar refractivity (Wildman–Crippen MR) is 115 cm³/mol. The van der Waals surface area contributed by atoms with Crippen molar-refractivity contribution in [2.45, 2.75) is 52.2 Å². The third-order valence-electron chi connectivity index (χ3n) is 6.74. The summed E-state index contributed by atoms with van der Waals surface area (Å²) in [5.74, 6) is -0.0846. The number of rotatable bonds is 3. The number of halogens is 1. The molecular formula is C24H29FNSi+. The third kappa shape index (κ3) is 2.93. The van der Waals surface area contributed by atoms with Crippen LogP contribution in [0.5, 0.6) is 0 Å². The third-order valence-corrected chi connectivity index (χ3v) is 11.2. The minimum atomic E-state index is -1.37. The van der Waals surface area contributed by atoms with Crippen LogP contribution in [-0.4, -0.2) is 8.07 Å². The zero-order chi connectivity index (χ0) is 19.5. The monoisotopic (exact) mass is 378 g/mol. The van der Waals surface area contributed by atoms with Crippen LogP contribution in [0.2, 0.25) is 18.6 Å². The number of aryl methyl sites for hydroxylation is 2. The highest BCUT2D eigenvalue weighted by molar-refractivity contribution is 6.91. The van der Waals surface area contributed by atoms with Gasteiger partial charge in [-0.2, -0.15) is 0 Å². The van der Waals surface area contributed by atoms with Gasteiger partial charge in [0.15, 0.2) is 6.20 Å². The number of hydrogen-bond acceptors (Lipinski definition) is 0. The van der Waals surface area contributed by atoms with E-state index in [1.165, 1.54) is 29.3 Å². The van der Waals surface area contributed by atoms with E-state index in [4.69, 9.17) is 0 Å². The van der Waals surface area contributed by atoms with Gasteiger partial charge < -0.3 is 0 Å². The first-order valence-corrected chi connectivity index (χ1v) is 13.0. The molecule has 0 atom stereocenters. The number of pyridine rings is 1. The van der Waals surface area contributed by atoms with Gasteiger partial charge in [-0.15, -0.1) is 0 Å². The number of hydrogen-bond donors (Lipinski definition) is 0. The van der Waals surface area contributed by atoms with E-state index in [9.17, 15) is 4.39 Å².